The van der Waals surface area contributed by atoms with Crippen LogP contribution in [-0.4, -0.2) is 21.5 Å². The first-order chi connectivity index (χ1) is 11.5. The van der Waals surface area contributed by atoms with E-state index in [-0.39, 0.29) is 24.0 Å². The van der Waals surface area contributed by atoms with Crippen molar-refractivity contribution in [3.05, 3.63) is 52.6 Å². The summed E-state index contributed by atoms with van der Waals surface area (Å²) in [5, 5.41) is 10.1. The van der Waals surface area contributed by atoms with E-state index in [1.807, 2.05) is 19.9 Å². The normalized spacial score (nSPS) is 13.0. The fourth-order valence-corrected chi connectivity index (χ4v) is 2.85. The Hall–Kier alpha value is -3.02. The van der Waals surface area contributed by atoms with E-state index >= 15 is 0 Å². The molecule has 2 aromatic carbocycles. The first-order valence-corrected chi connectivity index (χ1v) is 7.70. The summed E-state index contributed by atoms with van der Waals surface area (Å²) in [4.78, 5) is 17.6. The lowest BCUT2D eigenvalue weighted by molar-refractivity contribution is 0.174. The fourth-order valence-electron chi connectivity index (χ4n) is 2.85. The van der Waals surface area contributed by atoms with Gasteiger partial charge in [-0.3, -0.25) is 9.36 Å². The van der Waals surface area contributed by atoms with Crippen molar-refractivity contribution in [3.63, 3.8) is 0 Å². The molecular formula is C18H16N2O4. The number of aromatic nitrogens is 2. The summed E-state index contributed by atoms with van der Waals surface area (Å²) < 4.78 is 12.3. The summed E-state index contributed by atoms with van der Waals surface area (Å²) in [6, 6.07) is 9.97. The Balaban J connectivity index is 2.03. The molecule has 6 heteroatoms. The van der Waals surface area contributed by atoms with Crippen molar-refractivity contribution in [2.75, 3.05) is 6.79 Å². The zero-order valence-corrected chi connectivity index (χ0v) is 13.3. The highest BCUT2D eigenvalue weighted by molar-refractivity contribution is 5.79. The average Bonchev–Trinajstić information content (AvgIpc) is 3.01. The number of nitrogens with zero attached hydrogens (tertiary/aromatic N) is 2. The van der Waals surface area contributed by atoms with Crippen molar-refractivity contribution in [2.24, 2.45) is 0 Å². The number of rotatable bonds is 2. The predicted octanol–water partition coefficient (Wildman–Crippen LogP) is 2.94. The molecule has 4 rings (SSSR count). The average molecular weight is 324 g/mol. The second-order valence-electron chi connectivity index (χ2n) is 6.00. The second-order valence-corrected chi connectivity index (χ2v) is 6.00. The summed E-state index contributed by atoms with van der Waals surface area (Å²) in [6.45, 7) is 4.12. The first-order valence-electron chi connectivity index (χ1n) is 7.70. The molecule has 0 fully saturated rings. The standard InChI is InChI=1S/C18H16N2O4/c1-10(2)17-19-14-8-12(21)4-5-13(14)18(22)20(17)11-3-6-15-16(7-11)24-9-23-15/h3-8,10,21H,9H2,1-2H3. The Morgan fingerprint density at radius 1 is 1.12 bits per heavy atom. The summed E-state index contributed by atoms with van der Waals surface area (Å²) in [5.74, 6) is 2.01. The van der Waals surface area contributed by atoms with Gasteiger partial charge < -0.3 is 14.6 Å². The molecule has 0 saturated heterocycles. The third kappa shape index (κ3) is 2.19. The van der Waals surface area contributed by atoms with Crippen LogP contribution in [0.15, 0.2) is 41.2 Å². The zero-order chi connectivity index (χ0) is 16.8. The molecule has 0 atom stereocenters. The van der Waals surface area contributed by atoms with Gasteiger partial charge in [0.05, 0.1) is 16.6 Å². The van der Waals surface area contributed by atoms with Gasteiger partial charge in [0, 0.05) is 18.1 Å². The highest BCUT2D eigenvalue weighted by Gasteiger charge is 2.19. The maximum absolute atomic E-state index is 13.0. The van der Waals surface area contributed by atoms with Gasteiger partial charge in [-0.15, -0.1) is 0 Å². The van der Waals surface area contributed by atoms with Crippen molar-refractivity contribution < 1.29 is 14.6 Å². The predicted molar refractivity (Wildman–Crippen MR) is 89.2 cm³/mol. The summed E-state index contributed by atoms with van der Waals surface area (Å²) in [7, 11) is 0. The molecule has 3 aromatic rings. The molecule has 0 saturated carbocycles. The van der Waals surface area contributed by atoms with Crippen molar-refractivity contribution in [1.82, 2.24) is 9.55 Å². The fraction of sp³-hybridized carbons (Fsp3) is 0.222. The third-order valence-corrected chi connectivity index (χ3v) is 4.01. The van der Waals surface area contributed by atoms with E-state index in [2.05, 4.69) is 4.98 Å². The number of ether oxygens (including phenoxy) is 2. The second kappa shape index (κ2) is 5.26. The molecule has 122 valence electrons. The molecule has 6 nitrogen and oxygen atoms in total. The number of phenolic OH excluding ortho intramolecular Hbond substituents is 1. The Labute approximate surface area is 137 Å². The van der Waals surface area contributed by atoms with Gasteiger partial charge >= 0.3 is 0 Å². The van der Waals surface area contributed by atoms with Crippen LogP contribution in [0.1, 0.15) is 25.6 Å². The number of aromatic hydroxyl groups is 1. The van der Waals surface area contributed by atoms with Crippen LogP contribution < -0.4 is 15.0 Å². The SMILES string of the molecule is CC(C)c1nc2cc(O)ccc2c(=O)n1-c1ccc2c(c1)OCO2. The Bertz CT molecular complexity index is 1010. The maximum Gasteiger partial charge on any atom is 0.265 e. The van der Waals surface area contributed by atoms with Crippen LogP contribution in [0.25, 0.3) is 16.6 Å². The summed E-state index contributed by atoms with van der Waals surface area (Å²) in [5.41, 5.74) is 0.985. The summed E-state index contributed by atoms with van der Waals surface area (Å²) in [6.07, 6.45) is 0. The molecule has 1 aliphatic heterocycles. The smallest absolute Gasteiger partial charge is 0.265 e. The maximum atomic E-state index is 13.0. The zero-order valence-electron chi connectivity index (χ0n) is 13.3. The van der Waals surface area contributed by atoms with Gasteiger partial charge in [-0.05, 0) is 24.3 Å². The Kier molecular flexibility index (Phi) is 3.19. The molecule has 0 radical (unpaired) electrons. The molecule has 1 aromatic heterocycles. The molecule has 1 N–H and O–H groups in total. The molecule has 0 bridgehead atoms. The monoisotopic (exact) mass is 324 g/mol. The first kappa shape index (κ1) is 14.6. The summed E-state index contributed by atoms with van der Waals surface area (Å²) >= 11 is 0. The minimum absolute atomic E-state index is 0.0230. The van der Waals surface area contributed by atoms with E-state index in [0.29, 0.717) is 33.9 Å². The van der Waals surface area contributed by atoms with Gasteiger partial charge in [0.1, 0.15) is 11.6 Å². The van der Waals surface area contributed by atoms with Crippen LogP contribution in [-0.2, 0) is 0 Å². The van der Waals surface area contributed by atoms with Crippen LogP contribution in [0, 0.1) is 0 Å². The molecule has 0 unspecified atom stereocenters. The number of hydrogen-bond acceptors (Lipinski definition) is 5. The lowest BCUT2D eigenvalue weighted by Crippen LogP contribution is -2.24. The molecular weight excluding hydrogens is 308 g/mol. The topological polar surface area (TPSA) is 73.6 Å². The van der Waals surface area contributed by atoms with Gasteiger partial charge in [0.25, 0.3) is 5.56 Å². The van der Waals surface area contributed by atoms with Crippen LogP contribution >= 0.6 is 0 Å². The Morgan fingerprint density at radius 3 is 2.71 bits per heavy atom. The molecule has 0 spiro atoms. The lowest BCUT2D eigenvalue weighted by atomic mass is 10.1. The van der Waals surface area contributed by atoms with Crippen molar-refractivity contribution in [3.8, 4) is 22.9 Å². The van der Waals surface area contributed by atoms with E-state index in [4.69, 9.17) is 9.47 Å². The molecule has 24 heavy (non-hydrogen) atoms. The third-order valence-electron chi connectivity index (χ3n) is 4.01. The minimum Gasteiger partial charge on any atom is -0.508 e. The van der Waals surface area contributed by atoms with Gasteiger partial charge in [0.2, 0.25) is 6.79 Å². The van der Waals surface area contributed by atoms with Gasteiger partial charge in [0.15, 0.2) is 11.5 Å². The largest absolute Gasteiger partial charge is 0.508 e. The number of hydrogen-bond donors (Lipinski definition) is 1. The molecule has 0 amide bonds. The number of fused-ring (bicyclic) bond motifs is 2. The van der Waals surface area contributed by atoms with Crippen LogP contribution in [0.2, 0.25) is 0 Å². The van der Waals surface area contributed by atoms with Crippen LogP contribution in [0.4, 0.5) is 0 Å². The van der Waals surface area contributed by atoms with E-state index in [9.17, 15) is 9.90 Å². The van der Waals surface area contributed by atoms with Gasteiger partial charge in [-0.25, -0.2) is 4.98 Å². The van der Waals surface area contributed by atoms with E-state index < -0.39 is 0 Å². The van der Waals surface area contributed by atoms with Crippen molar-refractivity contribution in [1.29, 1.82) is 0 Å². The van der Waals surface area contributed by atoms with Crippen molar-refractivity contribution >= 4 is 10.9 Å². The quantitative estimate of drug-likeness (QED) is 0.784. The highest BCUT2D eigenvalue weighted by atomic mass is 16.7. The number of benzene rings is 2. The molecule has 0 aliphatic carbocycles. The number of phenols is 1. The van der Waals surface area contributed by atoms with E-state index in [1.54, 1.807) is 22.8 Å². The molecule has 1 aliphatic rings. The van der Waals surface area contributed by atoms with Crippen molar-refractivity contribution in [2.45, 2.75) is 19.8 Å². The minimum atomic E-state index is -0.178. The lowest BCUT2D eigenvalue weighted by Gasteiger charge is -2.16. The molecule has 2 heterocycles. The van der Waals surface area contributed by atoms with E-state index in [1.165, 1.54) is 12.1 Å². The van der Waals surface area contributed by atoms with Gasteiger partial charge in [-0.1, -0.05) is 13.8 Å². The highest BCUT2D eigenvalue weighted by Crippen LogP contribution is 2.34. The van der Waals surface area contributed by atoms with Crippen LogP contribution in [0.3, 0.4) is 0 Å². The Morgan fingerprint density at radius 2 is 1.92 bits per heavy atom. The van der Waals surface area contributed by atoms with Gasteiger partial charge in [-0.2, -0.15) is 0 Å². The van der Waals surface area contributed by atoms with Crippen LogP contribution in [0.5, 0.6) is 17.2 Å². The van der Waals surface area contributed by atoms with E-state index in [0.717, 1.165) is 0 Å².